The Morgan fingerprint density at radius 2 is 1.94 bits per heavy atom. The van der Waals surface area contributed by atoms with Gasteiger partial charge in [0.15, 0.2) is 6.29 Å². The molecular formula is C20H21F4N3O4. The third-order valence-electron chi connectivity index (χ3n) is 4.65. The maximum Gasteiger partial charge on any atom is 0.309 e. The molecule has 31 heavy (non-hydrogen) atoms. The van der Waals surface area contributed by atoms with E-state index in [0.29, 0.717) is 19.6 Å². The Bertz CT molecular complexity index is 939. The number of rotatable bonds is 8. The number of ether oxygens (including phenoxy) is 2. The van der Waals surface area contributed by atoms with Crippen molar-refractivity contribution in [2.75, 3.05) is 25.2 Å². The third kappa shape index (κ3) is 5.28. The highest BCUT2D eigenvalue weighted by atomic mass is 19.3. The van der Waals surface area contributed by atoms with E-state index in [-0.39, 0.29) is 28.5 Å². The summed E-state index contributed by atoms with van der Waals surface area (Å²) in [5, 5.41) is 12.0. The van der Waals surface area contributed by atoms with E-state index >= 15 is 0 Å². The van der Waals surface area contributed by atoms with Crippen molar-refractivity contribution >= 4 is 11.8 Å². The van der Waals surface area contributed by atoms with Crippen LogP contribution < -0.4 is 5.32 Å². The summed E-state index contributed by atoms with van der Waals surface area (Å²) in [5.41, 5.74) is -0.916. The number of aryl methyl sites for hydroxylation is 1. The van der Waals surface area contributed by atoms with Crippen LogP contribution in [0.5, 0.6) is 0 Å². The van der Waals surface area contributed by atoms with Crippen LogP contribution in [0.25, 0.3) is 0 Å². The zero-order valence-electron chi connectivity index (χ0n) is 16.6. The standard InChI is InChI=1S/C20H21F4N3O4/c1-10-25-13(8-15(28)29)16(20-30-6-3-7-31-20)19(26-10)27-14(9-21)11-4-2-5-12(17(11)22)18(23)24/h2,4-5,14,18,20H,3,6-9H2,1H3,(H,28,29)(H,25,26,27). The number of hydrogen-bond acceptors (Lipinski definition) is 6. The summed E-state index contributed by atoms with van der Waals surface area (Å²) in [6.45, 7) is 1.03. The first-order chi connectivity index (χ1) is 14.8. The summed E-state index contributed by atoms with van der Waals surface area (Å²) in [7, 11) is 0. The van der Waals surface area contributed by atoms with Gasteiger partial charge >= 0.3 is 5.97 Å². The highest BCUT2D eigenvalue weighted by Gasteiger charge is 2.29. The second-order valence-electron chi connectivity index (χ2n) is 6.88. The lowest BCUT2D eigenvalue weighted by Crippen LogP contribution is -2.25. The van der Waals surface area contributed by atoms with Gasteiger partial charge in [-0.3, -0.25) is 4.79 Å². The summed E-state index contributed by atoms with van der Waals surface area (Å²) in [6, 6.07) is 1.96. The number of halogens is 4. The van der Waals surface area contributed by atoms with Crippen LogP contribution in [0, 0.1) is 12.7 Å². The normalized spacial score (nSPS) is 15.8. The lowest BCUT2D eigenvalue weighted by atomic mass is 10.0. The zero-order chi connectivity index (χ0) is 22.5. The molecule has 3 rings (SSSR count). The minimum absolute atomic E-state index is 0.0137. The quantitative estimate of drug-likeness (QED) is 0.595. The van der Waals surface area contributed by atoms with Gasteiger partial charge in [0.2, 0.25) is 0 Å². The Morgan fingerprint density at radius 1 is 1.26 bits per heavy atom. The summed E-state index contributed by atoms with van der Waals surface area (Å²) in [6.07, 6.45) is -3.93. The number of carboxylic acids is 1. The molecule has 1 aromatic carbocycles. The van der Waals surface area contributed by atoms with E-state index in [0.717, 1.165) is 6.07 Å². The SMILES string of the molecule is Cc1nc(CC(=O)O)c(C2OCCCO2)c(NC(CF)c2cccc(C(F)F)c2F)n1. The first-order valence-corrected chi connectivity index (χ1v) is 9.53. The van der Waals surface area contributed by atoms with E-state index in [4.69, 9.17) is 9.47 Å². The molecule has 0 saturated carbocycles. The Labute approximate surface area is 175 Å². The maximum atomic E-state index is 14.6. The van der Waals surface area contributed by atoms with E-state index in [1.54, 1.807) is 0 Å². The van der Waals surface area contributed by atoms with Gasteiger partial charge in [0.1, 0.15) is 24.1 Å². The maximum absolute atomic E-state index is 14.6. The lowest BCUT2D eigenvalue weighted by Gasteiger charge is -2.28. The molecule has 1 aliphatic heterocycles. The molecule has 1 aromatic heterocycles. The Kier molecular flexibility index (Phi) is 7.39. The van der Waals surface area contributed by atoms with Gasteiger partial charge in [0.05, 0.1) is 42.5 Å². The van der Waals surface area contributed by atoms with Crippen molar-refractivity contribution in [1.29, 1.82) is 0 Å². The van der Waals surface area contributed by atoms with Crippen LogP contribution in [0.4, 0.5) is 23.4 Å². The molecule has 1 unspecified atom stereocenters. The molecule has 1 fully saturated rings. The van der Waals surface area contributed by atoms with Gasteiger partial charge in [0.25, 0.3) is 6.43 Å². The van der Waals surface area contributed by atoms with Gasteiger partial charge in [-0.1, -0.05) is 18.2 Å². The number of benzene rings is 1. The molecule has 168 valence electrons. The number of carboxylic acid groups (broad SMARTS) is 1. The molecule has 2 aromatic rings. The summed E-state index contributed by atoms with van der Waals surface area (Å²) in [5.74, 6) is -2.23. The van der Waals surface area contributed by atoms with Gasteiger partial charge in [-0.15, -0.1) is 0 Å². The van der Waals surface area contributed by atoms with E-state index in [9.17, 15) is 27.5 Å². The van der Waals surface area contributed by atoms with Crippen molar-refractivity contribution in [2.24, 2.45) is 0 Å². The Balaban J connectivity index is 2.05. The Morgan fingerprint density at radius 3 is 2.55 bits per heavy atom. The second-order valence-corrected chi connectivity index (χ2v) is 6.88. The molecule has 1 saturated heterocycles. The van der Waals surface area contributed by atoms with Crippen LogP contribution >= 0.6 is 0 Å². The van der Waals surface area contributed by atoms with Crippen LogP contribution in [-0.4, -0.2) is 40.9 Å². The van der Waals surface area contributed by atoms with Gasteiger partial charge < -0.3 is 19.9 Å². The summed E-state index contributed by atoms with van der Waals surface area (Å²) >= 11 is 0. The van der Waals surface area contributed by atoms with Gasteiger partial charge in [-0.05, 0) is 13.3 Å². The van der Waals surface area contributed by atoms with Crippen LogP contribution in [-0.2, 0) is 20.7 Å². The first kappa shape index (κ1) is 22.9. The van der Waals surface area contributed by atoms with Crippen LogP contribution in [0.2, 0.25) is 0 Å². The molecule has 11 heteroatoms. The van der Waals surface area contributed by atoms with Crippen molar-refractivity contribution in [1.82, 2.24) is 9.97 Å². The smallest absolute Gasteiger partial charge is 0.309 e. The van der Waals surface area contributed by atoms with E-state index in [1.165, 1.54) is 19.1 Å². The Hall–Kier alpha value is -2.79. The third-order valence-corrected chi connectivity index (χ3v) is 4.65. The van der Waals surface area contributed by atoms with Crippen LogP contribution in [0.1, 0.15) is 53.4 Å². The molecule has 1 atom stereocenters. The minimum atomic E-state index is -3.07. The molecule has 0 radical (unpaired) electrons. The van der Waals surface area contributed by atoms with E-state index in [1.807, 2.05) is 0 Å². The number of anilines is 1. The van der Waals surface area contributed by atoms with Crippen LogP contribution in [0.3, 0.4) is 0 Å². The van der Waals surface area contributed by atoms with Crippen molar-refractivity contribution in [3.05, 3.63) is 52.2 Å². The number of nitrogens with zero attached hydrogens (tertiary/aromatic N) is 2. The monoisotopic (exact) mass is 443 g/mol. The predicted octanol–water partition coefficient (Wildman–Crippen LogP) is 4.05. The van der Waals surface area contributed by atoms with Crippen LogP contribution in [0.15, 0.2) is 18.2 Å². The molecule has 0 amide bonds. The van der Waals surface area contributed by atoms with Gasteiger partial charge in [-0.25, -0.2) is 27.5 Å². The lowest BCUT2D eigenvalue weighted by molar-refractivity contribution is -0.183. The molecular weight excluding hydrogens is 422 g/mol. The minimum Gasteiger partial charge on any atom is -0.481 e. The van der Waals surface area contributed by atoms with E-state index < -0.39 is 49.2 Å². The second kappa shape index (κ2) is 10.0. The van der Waals surface area contributed by atoms with Crippen molar-refractivity contribution in [3.63, 3.8) is 0 Å². The van der Waals surface area contributed by atoms with E-state index in [2.05, 4.69) is 15.3 Å². The van der Waals surface area contributed by atoms with Crippen molar-refractivity contribution in [3.8, 4) is 0 Å². The molecule has 2 heterocycles. The topological polar surface area (TPSA) is 93.6 Å². The average molecular weight is 443 g/mol. The number of aliphatic carboxylic acids is 1. The number of alkyl halides is 3. The highest BCUT2D eigenvalue weighted by molar-refractivity contribution is 5.71. The molecule has 0 aliphatic carbocycles. The fourth-order valence-electron chi connectivity index (χ4n) is 3.30. The molecule has 7 nitrogen and oxygen atoms in total. The number of hydrogen-bond donors (Lipinski definition) is 2. The van der Waals surface area contributed by atoms with Crippen molar-refractivity contribution in [2.45, 2.75) is 38.5 Å². The summed E-state index contributed by atoms with van der Waals surface area (Å²) in [4.78, 5) is 19.7. The molecule has 1 aliphatic rings. The number of aromatic nitrogens is 2. The molecule has 0 bridgehead atoms. The number of nitrogens with one attached hydrogen (secondary N) is 1. The van der Waals surface area contributed by atoms with Crippen molar-refractivity contribution < 1.29 is 36.9 Å². The van der Waals surface area contributed by atoms with Gasteiger partial charge in [0, 0.05) is 5.56 Å². The largest absolute Gasteiger partial charge is 0.481 e. The molecule has 0 spiro atoms. The fraction of sp³-hybridized carbons (Fsp3) is 0.450. The highest BCUT2D eigenvalue weighted by Crippen LogP contribution is 2.34. The van der Waals surface area contributed by atoms with Gasteiger partial charge in [-0.2, -0.15) is 0 Å². The number of carbonyl (C=O) groups is 1. The zero-order valence-corrected chi connectivity index (χ0v) is 16.6. The fourth-order valence-corrected chi connectivity index (χ4v) is 3.30. The molecule has 2 N–H and O–H groups in total. The first-order valence-electron chi connectivity index (χ1n) is 9.53. The predicted molar refractivity (Wildman–Crippen MR) is 101 cm³/mol. The average Bonchev–Trinajstić information content (AvgIpc) is 2.72. The summed E-state index contributed by atoms with van der Waals surface area (Å²) < 4.78 is 65.8.